The first-order valence-electron chi connectivity index (χ1n) is 5.29. The van der Waals surface area contributed by atoms with Crippen molar-refractivity contribution in [3.05, 3.63) is 35.6 Å². The number of rotatable bonds is 3. The van der Waals surface area contributed by atoms with Gasteiger partial charge in [-0.25, -0.2) is 4.98 Å². The minimum Gasteiger partial charge on any atom is -0.398 e. The van der Waals surface area contributed by atoms with Gasteiger partial charge in [0.05, 0.1) is 10.7 Å². The molecule has 0 aliphatic carbocycles. The minimum atomic E-state index is 0.573. The summed E-state index contributed by atoms with van der Waals surface area (Å²) in [7, 11) is 0. The Hall–Kier alpha value is -1.48. The van der Waals surface area contributed by atoms with Crippen LogP contribution in [0.3, 0.4) is 0 Å². The third kappa shape index (κ3) is 2.04. The first-order valence-corrected chi connectivity index (χ1v) is 5.66. The first-order chi connectivity index (χ1) is 7.72. The molecule has 84 valence electrons. The molecule has 0 bridgehead atoms. The zero-order valence-electron chi connectivity index (χ0n) is 9.15. The topological polar surface area (TPSA) is 43.8 Å². The predicted molar refractivity (Wildman–Crippen MR) is 67.4 cm³/mol. The van der Waals surface area contributed by atoms with E-state index in [0.717, 1.165) is 24.4 Å². The first kappa shape index (κ1) is 11.0. The molecule has 3 nitrogen and oxygen atoms in total. The molecule has 1 aromatic carbocycles. The molecule has 0 fully saturated rings. The van der Waals surface area contributed by atoms with E-state index in [2.05, 4.69) is 16.5 Å². The van der Waals surface area contributed by atoms with Gasteiger partial charge in [-0.2, -0.15) is 0 Å². The van der Waals surface area contributed by atoms with Gasteiger partial charge in [0.25, 0.3) is 0 Å². The Morgan fingerprint density at radius 2 is 2.25 bits per heavy atom. The molecule has 0 aliphatic heterocycles. The third-order valence-corrected chi connectivity index (χ3v) is 2.77. The van der Waals surface area contributed by atoms with Crippen molar-refractivity contribution >= 4 is 17.3 Å². The van der Waals surface area contributed by atoms with E-state index < -0.39 is 0 Å². The summed E-state index contributed by atoms with van der Waals surface area (Å²) in [4.78, 5) is 4.34. The molecule has 0 saturated carbocycles. The Labute approximate surface area is 99.9 Å². The number of nitrogens with two attached hydrogens (primary N) is 1. The fraction of sp³-hybridized carbons (Fsp3) is 0.250. The summed E-state index contributed by atoms with van der Waals surface area (Å²) in [6.45, 7) is 3.09. The molecule has 0 amide bonds. The molecule has 0 atom stereocenters. The van der Waals surface area contributed by atoms with Crippen LogP contribution in [0.2, 0.25) is 5.02 Å². The summed E-state index contributed by atoms with van der Waals surface area (Å²) in [6.07, 6.45) is 4.85. The van der Waals surface area contributed by atoms with Crippen LogP contribution in [0, 0.1) is 0 Å². The average molecular weight is 236 g/mol. The van der Waals surface area contributed by atoms with Crippen LogP contribution in [-0.4, -0.2) is 9.55 Å². The lowest BCUT2D eigenvalue weighted by atomic mass is 10.2. The highest BCUT2D eigenvalue weighted by Crippen LogP contribution is 2.26. The lowest BCUT2D eigenvalue weighted by molar-refractivity contribution is 0.685. The molecule has 2 aromatic rings. The number of nitrogen functional groups attached to an aromatic ring is 1. The van der Waals surface area contributed by atoms with E-state index in [9.17, 15) is 0 Å². The van der Waals surface area contributed by atoms with E-state index in [1.54, 1.807) is 6.20 Å². The summed E-state index contributed by atoms with van der Waals surface area (Å²) in [5, 5.41) is 0.573. The highest BCUT2D eigenvalue weighted by Gasteiger charge is 2.06. The smallest absolute Gasteiger partial charge is 0.139 e. The van der Waals surface area contributed by atoms with Crippen LogP contribution in [0.15, 0.2) is 30.6 Å². The number of halogens is 1. The van der Waals surface area contributed by atoms with E-state index in [0.29, 0.717) is 10.7 Å². The van der Waals surface area contributed by atoms with E-state index >= 15 is 0 Å². The average Bonchev–Trinajstić information content (AvgIpc) is 2.71. The molecule has 1 heterocycles. The van der Waals surface area contributed by atoms with Crippen molar-refractivity contribution in [1.29, 1.82) is 0 Å². The SMILES string of the molecule is CCCn1ccnc1-c1ccc(N)c(Cl)c1. The minimum absolute atomic E-state index is 0.573. The van der Waals surface area contributed by atoms with Crippen LogP contribution < -0.4 is 5.73 Å². The molecular weight excluding hydrogens is 222 g/mol. The van der Waals surface area contributed by atoms with Crippen molar-refractivity contribution in [2.75, 3.05) is 5.73 Å². The highest BCUT2D eigenvalue weighted by molar-refractivity contribution is 6.33. The zero-order valence-corrected chi connectivity index (χ0v) is 9.91. The van der Waals surface area contributed by atoms with Gasteiger partial charge >= 0.3 is 0 Å². The fourth-order valence-electron chi connectivity index (χ4n) is 1.66. The van der Waals surface area contributed by atoms with E-state index in [1.807, 2.05) is 24.4 Å². The molecule has 4 heteroatoms. The number of nitrogens with zero attached hydrogens (tertiary/aromatic N) is 2. The van der Waals surface area contributed by atoms with Crippen LogP contribution >= 0.6 is 11.6 Å². The molecule has 2 rings (SSSR count). The van der Waals surface area contributed by atoms with Crippen LogP contribution in [-0.2, 0) is 6.54 Å². The van der Waals surface area contributed by atoms with E-state index in [4.69, 9.17) is 17.3 Å². The van der Waals surface area contributed by atoms with Crippen molar-refractivity contribution in [2.45, 2.75) is 19.9 Å². The fourth-order valence-corrected chi connectivity index (χ4v) is 1.84. The molecule has 16 heavy (non-hydrogen) atoms. The van der Waals surface area contributed by atoms with Gasteiger partial charge in [-0.3, -0.25) is 0 Å². The molecule has 0 saturated heterocycles. The van der Waals surface area contributed by atoms with Gasteiger partial charge in [0, 0.05) is 24.5 Å². The van der Waals surface area contributed by atoms with Gasteiger partial charge in [-0.05, 0) is 24.6 Å². The van der Waals surface area contributed by atoms with Gasteiger partial charge < -0.3 is 10.3 Å². The summed E-state index contributed by atoms with van der Waals surface area (Å²) in [6, 6.07) is 5.60. The van der Waals surface area contributed by atoms with Crippen LogP contribution in [0.4, 0.5) is 5.69 Å². The summed E-state index contributed by atoms with van der Waals surface area (Å²) in [5.74, 6) is 0.934. The highest BCUT2D eigenvalue weighted by atomic mass is 35.5. The van der Waals surface area contributed by atoms with Gasteiger partial charge in [0.1, 0.15) is 5.82 Å². The second kappa shape index (κ2) is 4.58. The number of hydrogen-bond donors (Lipinski definition) is 1. The van der Waals surface area contributed by atoms with E-state index in [1.165, 1.54) is 0 Å². The number of aryl methyl sites for hydroxylation is 1. The lowest BCUT2D eigenvalue weighted by Crippen LogP contribution is -1.98. The van der Waals surface area contributed by atoms with Crippen molar-refractivity contribution in [3.8, 4) is 11.4 Å². The van der Waals surface area contributed by atoms with Gasteiger partial charge in [-0.1, -0.05) is 18.5 Å². The monoisotopic (exact) mass is 235 g/mol. The number of aromatic nitrogens is 2. The van der Waals surface area contributed by atoms with Crippen LogP contribution in [0.5, 0.6) is 0 Å². The Kier molecular flexibility index (Phi) is 3.15. The zero-order chi connectivity index (χ0) is 11.5. The van der Waals surface area contributed by atoms with E-state index in [-0.39, 0.29) is 0 Å². The van der Waals surface area contributed by atoms with Crippen molar-refractivity contribution in [1.82, 2.24) is 9.55 Å². The van der Waals surface area contributed by atoms with Gasteiger partial charge in [0.2, 0.25) is 0 Å². The van der Waals surface area contributed by atoms with Gasteiger partial charge in [-0.15, -0.1) is 0 Å². The maximum atomic E-state index is 6.00. The Morgan fingerprint density at radius 3 is 2.94 bits per heavy atom. The van der Waals surface area contributed by atoms with Crippen LogP contribution in [0.25, 0.3) is 11.4 Å². The Morgan fingerprint density at radius 1 is 1.44 bits per heavy atom. The predicted octanol–water partition coefficient (Wildman–Crippen LogP) is 3.20. The molecule has 0 spiro atoms. The number of anilines is 1. The van der Waals surface area contributed by atoms with Crippen molar-refractivity contribution in [2.24, 2.45) is 0 Å². The standard InChI is InChI=1S/C12H14ClN3/c1-2-6-16-7-5-15-12(16)9-3-4-11(14)10(13)8-9/h3-5,7-8H,2,6,14H2,1H3. The lowest BCUT2D eigenvalue weighted by Gasteiger charge is -2.07. The molecule has 0 radical (unpaired) electrons. The molecular formula is C12H14ClN3. The van der Waals surface area contributed by atoms with Crippen molar-refractivity contribution < 1.29 is 0 Å². The third-order valence-electron chi connectivity index (χ3n) is 2.44. The second-order valence-corrected chi connectivity index (χ2v) is 4.09. The molecule has 2 N–H and O–H groups in total. The summed E-state index contributed by atoms with van der Waals surface area (Å²) >= 11 is 6.00. The summed E-state index contributed by atoms with van der Waals surface area (Å²) in [5.41, 5.74) is 7.27. The Balaban J connectivity index is 2.42. The van der Waals surface area contributed by atoms with Crippen LogP contribution in [0.1, 0.15) is 13.3 Å². The number of benzene rings is 1. The normalized spacial score (nSPS) is 10.6. The van der Waals surface area contributed by atoms with Crippen molar-refractivity contribution in [3.63, 3.8) is 0 Å². The molecule has 0 aliphatic rings. The summed E-state index contributed by atoms with van der Waals surface area (Å²) < 4.78 is 2.11. The maximum absolute atomic E-state index is 6.00. The Bertz CT molecular complexity index is 491. The number of hydrogen-bond acceptors (Lipinski definition) is 2. The second-order valence-electron chi connectivity index (χ2n) is 3.68. The van der Waals surface area contributed by atoms with Gasteiger partial charge in [0.15, 0.2) is 0 Å². The quantitative estimate of drug-likeness (QED) is 0.831. The number of imidazole rings is 1. The molecule has 1 aromatic heterocycles. The molecule has 0 unspecified atom stereocenters. The largest absolute Gasteiger partial charge is 0.398 e. The maximum Gasteiger partial charge on any atom is 0.139 e.